The van der Waals surface area contributed by atoms with Gasteiger partial charge in [0.2, 0.25) is 0 Å². The van der Waals surface area contributed by atoms with E-state index in [0.29, 0.717) is 0 Å². The molecule has 122 valence electrons. The number of methoxy groups -OCH3 is 1. The van der Waals surface area contributed by atoms with Crippen molar-refractivity contribution in [2.75, 3.05) is 7.11 Å². The summed E-state index contributed by atoms with van der Waals surface area (Å²) in [6.45, 7) is 13.7. The predicted octanol–water partition coefficient (Wildman–Crippen LogP) is 3.34. The summed E-state index contributed by atoms with van der Waals surface area (Å²) < 4.78 is 10.1. The fraction of sp³-hybridized carbons (Fsp3) is 0.733. The van der Waals surface area contributed by atoms with Crippen LogP contribution in [0.15, 0.2) is 12.2 Å². The van der Waals surface area contributed by atoms with Gasteiger partial charge in [0.05, 0.1) is 15.2 Å². The Morgan fingerprint density at radius 1 is 1.19 bits per heavy atom. The minimum atomic E-state index is -1.73. The normalized spacial score (nSPS) is 15.4. The van der Waals surface area contributed by atoms with Crippen LogP contribution in [0.5, 0.6) is 0 Å². The second-order valence-electron chi connectivity index (χ2n) is 7.06. The Hall–Kier alpha value is -1.30. The number of allylic oxidation sites excluding steroid dienone is 1. The van der Waals surface area contributed by atoms with Crippen LogP contribution in [0.4, 0.5) is 4.79 Å². The highest BCUT2D eigenvalue weighted by Gasteiger charge is 2.38. The number of carbonyl (C=O) groups is 2. The first-order valence-corrected chi connectivity index (χ1v) is 10.7. The van der Waals surface area contributed by atoms with Crippen LogP contribution in [0.2, 0.25) is 25.2 Å². The fourth-order valence-corrected chi connectivity index (χ4v) is 3.95. The SMILES string of the molecule is C/C=C/[C@@H]([C@H](NC(=O)OC(C)(C)C)C(=O)OC)[Si](C)(C)C. The van der Waals surface area contributed by atoms with Gasteiger partial charge < -0.3 is 14.8 Å². The zero-order valence-corrected chi connectivity index (χ0v) is 15.4. The number of hydrogen-bond donors (Lipinski definition) is 1. The lowest BCUT2D eigenvalue weighted by atomic mass is 10.2. The molecule has 0 unspecified atom stereocenters. The van der Waals surface area contributed by atoms with Crippen LogP contribution in [0.1, 0.15) is 27.7 Å². The highest BCUT2D eigenvalue weighted by Crippen LogP contribution is 2.28. The first-order chi connectivity index (χ1) is 9.42. The fourth-order valence-electron chi connectivity index (χ4n) is 1.96. The molecule has 0 saturated carbocycles. The highest BCUT2D eigenvalue weighted by atomic mass is 28.3. The highest BCUT2D eigenvalue weighted by molar-refractivity contribution is 6.78. The molecule has 1 amide bonds. The molecule has 0 aromatic rings. The maximum absolute atomic E-state index is 12.1. The van der Waals surface area contributed by atoms with Crippen molar-refractivity contribution in [2.45, 2.75) is 64.5 Å². The van der Waals surface area contributed by atoms with Crippen molar-refractivity contribution >= 4 is 20.1 Å². The van der Waals surface area contributed by atoms with Gasteiger partial charge >= 0.3 is 12.1 Å². The van der Waals surface area contributed by atoms with E-state index in [2.05, 4.69) is 25.0 Å². The molecule has 5 nitrogen and oxygen atoms in total. The minimum Gasteiger partial charge on any atom is -0.467 e. The molecular formula is C15H29NO4Si. The van der Waals surface area contributed by atoms with Gasteiger partial charge in [-0.2, -0.15) is 0 Å². The van der Waals surface area contributed by atoms with Crippen molar-refractivity contribution in [1.29, 1.82) is 0 Å². The van der Waals surface area contributed by atoms with E-state index in [4.69, 9.17) is 9.47 Å². The van der Waals surface area contributed by atoms with Crippen LogP contribution in [-0.2, 0) is 14.3 Å². The molecule has 2 atom stereocenters. The molecule has 0 radical (unpaired) electrons. The standard InChI is InChI=1S/C15H29NO4Si/c1-9-10-11(21(6,7)8)12(13(17)19-5)16-14(18)20-15(2,3)4/h9-12H,1-8H3,(H,16,18)/b10-9+/t11-,12-/m0/s1. The van der Waals surface area contributed by atoms with Gasteiger partial charge in [0.25, 0.3) is 0 Å². The number of alkyl carbamates (subject to hydrolysis) is 1. The molecule has 21 heavy (non-hydrogen) atoms. The summed E-state index contributed by atoms with van der Waals surface area (Å²) in [5, 5.41) is 2.66. The smallest absolute Gasteiger partial charge is 0.408 e. The van der Waals surface area contributed by atoms with Crippen LogP contribution in [0, 0.1) is 0 Å². The van der Waals surface area contributed by atoms with Gasteiger partial charge in [-0.25, -0.2) is 9.59 Å². The predicted molar refractivity (Wildman–Crippen MR) is 87.1 cm³/mol. The first kappa shape index (κ1) is 19.7. The van der Waals surface area contributed by atoms with Crippen molar-refractivity contribution < 1.29 is 19.1 Å². The molecule has 0 aliphatic rings. The van der Waals surface area contributed by atoms with Crippen LogP contribution < -0.4 is 5.32 Å². The monoisotopic (exact) mass is 315 g/mol. The molecule has 6 heteroatoms. The summed E-state index contributed by atoms with van der Waals surface area (Å²) in [6, 6.07) is -0.729. The number of amides is 1. The average molecular weight is 315 g/mol. The van der Waals surface area contributed by atoms with Gasteiger partial charge in [0, 0.05) is 5.54 Å². The van der Waals surface area contributed by atoms with E-state index in [9.17, 15) is 9.59 Å². The van der Waals surface area contributed by atoms with Crippen molar-refractivity contribution in [3.8, 4) is 0 Å². The van der Waals surface area contributed by atoms with Gasteiger partial charge in [-0.15, -0.1) is 0 Å². The molecule has 1 N–H and O–H groups in total. The maximum atomic E-state index is 12.1. The first-order valence-electron chi connectivity index (χ1n) is 7.12. The van der Waals surface area contributed by atoms with Gasteiger partial charge in [-0.05, 0) is 27.7 Å². The zero-order chi connectivity index (χ0) is 16.8. The number of rotatable bonds is 5. The van der Waals surface area contributed by atoms with Crippen molar-refractivity contribution in [3.05, 3.63) is 12.2 Å². The maximum Gasteiger partial charge on any atom is 0.408 e. The molecule has 0 fully saturated rings. The number of carbonyl (C=O) groups excluding carboxylic acids is 2. The number of esters is 1. The lowest BCUT2D eigenvalue weighted by Gasteiger charge is -2.33. The third kappa shape index (κ3) is 7.31. The molecule has 0 aliphatic carbocycles. The van der Waals surface area contributed by atoms with Crippen molar-refractivity contribution in [2.24, 2.45) is 0 Å². The molecular weight excluding hydrogens is 286 g/mol. The Labute approximate surface area is 129 Å². The van der Waals surface area contributed by atoms with Gasteiger partial charge in [0.15, 0.2) is 0 Å². The Kier molecular flexibility index (Phi) is 7.16. The second-order valence-corrected chi connectivity index (χ2v) is 12.5. The lowest BCUT2D eigenvalue weighted by Crippen LogP contribution is -2.51. The van der Waals surface area contributed by atoms with E-state index in [1.807, 2.05) is 19.1 Å². The lowest BCUT2D eigenvalue weighted by molar-refractivity contribution is -0.143. The van der Waals surface area contributed by atoms with E-state index in [1.54, 1.807) is 20.8 Å². The Morgan fingerprint density at radius 3 is 2.05 bits per heavy atom. The van der Waals surface area contributed by atoms with Gasteiger partial charge in [0.1, 0.15) is 11.6 Å². The summed E-state index contributed by atoms with van der Waals surface area (Å²) in [4.78, 5) is 24.0. The Bertz CT molecular complexity index is 393. The molecule has 0 spiro atoms. The van der Waals surface area contributed by atoms with Crippen LogP contribution in [0.3, 0.4) is 0 Å². The summed E-state index contributed by atoms with van der Waals surface area (Å²) in [5.74, 6) is -0.452. The van der Waals surface area contributed by atoms with Gasteiger partial charge in [-0.3, -0.25) is 0 Å². The van der Waals surface area contributed by atoms with E-state index >= 15 is 0 Å². The second kappa shape index (κ2) is 7.63. The van der Waals surface area contributed by atoms with E-state index in [-0.39, 0.29) is 5.54 Å². The largest absolute Gasteiger partial charge is 0.467 e. The van der Waals surface area contributed by atoms with Crippen LogP contribution >= 0.6 is 0 Å². The molecule has 0 heterocycles. The third-order valence-electron chi connectivity index (χ3n) is 2.89. The molecule has 0 aliphatic heterocycles. The quantitative estimate of drug-likeness (QED) is 0.480. The number of ether oxygens (including phenoxy) is 2. The van der Waals surface area contributed by atoms with Crippen molar-refractivity contribution in [1.82, 2.24) is 5.32 Å². The summed E-state index contributed by atoms with van der Waals surface area (Å²) in [6.07, 6.45) is 3.26. The number of nitrogens with one attached hydrogen (secondary N) is 1. The van der Waals surface area contributed by atoms with E-state index < -0.39 is 31.8 Å². The summed E-state index contributed by atoms with van der Waals surface area (Å²) >= 11 is 0. The van der Waals surface area contributed by atoms with Crippen LogP contribution in [0.25, 0.3) is 0 Å². The van der Waals surface area contributed by atoms with Crippen LogP contribution in [-0.4, -0.2) is 38.9 Å². The zero-order valence-electron chi connectivity index (χ0n) is 14.4. The third-order valence-corrected chi connectivity index (χ3v) is 5.41. The van der Waals surface area contributed by atoms with E-state index in [0.717, 1.165) is 0 Å². The molecule has 0 bridgehead atoms. The van der Waals surface area contributed by atoms with Crippen molar-refractivity contribution in [3.63, 3.8) is 0 Å². The molecule has 0 rings (SSSR count). The van der Waals surface area contributed by atoms with E-state index in [1.165, 1.54) is 7.11 Å². The summed E-state index contributed by atoms with van der Waals surface area (Å²) in [5.41, 5.74) is -0.678. The minimum absolute atomic E-state index is 0.0672. The number of hydrogen-bond acceptors (Lipinski definition) is 4. The Balaban J connectivity index is 5.28. The Morgan fingerprint density at radius 2 is 1.71 bits per heavy atom. The summed E-state index contributed by atoms with van der Waals surface area (Å²) in [7, 11) is -0.411. The van der Waals surface area contributed by atoms with Gasteiger partial charge in [-0.1, -0.05) is 31.8 Å². The average Bonchev–Trinajstić information content (AvgIpc) is 2.28. The topological polar surface area (TPSA) is 64.6 Å². The molecule has 0 aromatic heterocycles. The molecule has 0 aromatic carbocycles. The molecule has 0 saturated heterocycles.